The van der Waals surface area contributed by atoms with Crippen molar-refractivity contribution >= 4 is 23.3 Å². The van der Waals surface area contributed by atoms with E-state index in [1.807, 2.05) is 13.8 Å². The molecule has 4 rings (SSSR count). The van der Waals surface area contributed by atoms with Gasteiger partial charge >= 0.3 is 6.18 Å². The highest BCUT2D eigenvalue weighted by atomic mass is 35.5. The summed E-state index contributed by atoms with van der Waals surface area (Å²) in [5.41, 5.74) is 1.70. The maximum atomic E-state index is 14.1. The van der Waals surface area contributed by atoms with Gasteiger partial charge in [-0.3, -0.25) is 4.79 Å². The van der Waals surface area contributed by atoms with Crippen molar-refractivity contribution in [1.82, 2.24) is 15.1 Å². The highest BCUT2D eigenvalue weighted by molar-refractivity contribution is 6.34. The zero-order chi connectivity index (χ0) is 26.2. The van der Waals surface area contributed by atoms with Crippen molar-refractivity contribution in [1.29, 1.82) is 0 Å². The molecule has 0 saturated heterocycles. The number of nitrogens with one attached hydrogen (secondary N) is 2. The summed E-state index contributed by atoms with van der Waals surface area (Å²) >= 11 is 6.33. The van der Waals surface area contributed by atoms with Crippen LogP contribution in [0.25, 0.3) is 11.3 Å². The summed E-state index contributed by atoms with van der Waals surface area (Å²) in [4.78, 5) is 12.3. The number of aromatic nitrogens is 2. The molecule has 1 aromatic heterocycles. The van der Waals surface area contributed by atoms with Gasteiger partial charge in [0.05, 0.1) is 36.5 Å². The van der Waals surface area contributed by atoms with Gasteiger partial charge in [0.25, 0.3) is 5.91 Å². The summed E-state index contributed by atoms with van der Waals surface area (Å²) in [6.45, 7) is 3.66. The first-order chi connectivity index (χ1) is 17.0. The van der Waals surface area contributed by atoms with E-state index in [0.717, 1.165) is 4.68 Å². The largest absolute Gasteiger partial charge is 0.493 e. The number of halogens is 4. The molecule has 0 radical (unpaired) electrons. The number of ether oxygens (including phenoxy) is 2. The number of fused-ring (bicyclic) bond motifs is 1. The van der Waals surface area contributed by atoms with Crippen LogP contribution >= 0.6 is 11.6 Å². The van der Waals surface area contributed by atoms with E-state index in [-0.39, 0.29) is 34.8 Å². The van der Waals surface area contributed by atoms with Crippen LogP contribution < -0.4 is 20.1 Å². The minimum absolute atomic E-state index is 0.0721. The second kappa shape index (κ2) is 9.93. The fourth-order valence-electron chi connectivity index (χ4n) is 4.20. The molecular formula is C25H26ClF3N4O3. The lowest BCUT2D eigenvalue weighted by atomic mass is 9.96. The molecule has 0 spiro atoms. The number of methoxy groups -OCH3 is 2. The first-order valence-corrected chi connectivity index (χ1v) is 11.6. The highest BCUT2D eigenvalue weighted by Crippen LogP contribution is 2.45. The Morgan fingerprint density at radius 2 is 1.86 bits per heavy atom. The van der Waals surface area contributed by atoms with Gasteiger partial charge in [-0.25, -0.2) is 4.68 Å². The van der Waals surface area contributed by atoms with Crippen LogP contribution in [0, 0.1) is 0 Å². The summed E-state index contributed by atoms with van der Waals surface area (Å²) < 4.78 is 53.8. The van der Waals surface area contributed by atoms with Crippen LogP contribution in [-0.2, 0) is 0 Å². The summed E-state index contributed by atoms with van der Waals surface area (Å²) in [7, 11) is 2.96. The second-order valence-corrected chi connectivity index (χ2v) is 9.19. The molecule has 3 aromatic rings. The van der Waals surface area contributed by atoms with Crippen LogP contribution in [0.3, 0.4) is 0 Å². The average Bonchev–Trinajstić information content (AvgIpc) is 3.25. The number of rotatable bonds is 6. The fourth-order valence-corrected chi connectivity index (χ4v) is 4.47. The third-order valence-electron chi connectivity index (χ3n) is 5.93. The number of carbonyl (C=O) groups excluding carboxylic acids is 1. The molecule has 0 bridgehead atoms. The van der Waals surface area contributed by atoms with Gasteiger partial charge < -0.3 is 20.1 Å². The Labute approximate surface area is 211 Å². The van der Waals surface area contributed by atoms with E-state index in [1.165, 1.54) is 26.4 Å². The minimum atomic E-state index is -4.52. The number of nitrogens with zero attached hydrogens (tertiary/aromatic N) is 2. The summed E-state index contributed by atoms with van der Waals surface area (Å²) in [6, 6.07) is 8.71. The smallest absolute Gasteiger partial charge is 0.410 e. The van der Waals surface area contributed by atoms with Crippen molar-refractivity contribution in [2.75, 3.05) is 19.5 Å². The topological polar surface area (TPSA) is 77.4 Å². The molecule has 2 aromatic carbocycles. The van der Waals surface area contributed by atoms with Crippen molar-refractivity contribution in [3.05, 3.63) is 58.6 Å². The maximum Gasteiger partial charge on any atom is 0.410 e. The number of anilines is 1. The van der Waals surface area contributed by atoms with Gasteiger partial charge in [0, 0.05) is 24.1 Å². The van der Waals surface area contributed by atoms with Gasteiger partial charge in [-0.05, 0) is 43.7 Å². The van der Waals surface area contributed by atoms with E-state index in [4.69, 9.17) is 21.1 Å². The van der Waals surface area contributed by atoms with Crippen molar-refractivity contribution in [2.24, 2.45) is 0 Å². The number of amides is 1. The predicted molar refractivity (Wildman–Crippen MR) is 131 cm³/mol. The molecule has 1 amide bonds. The van der Waals surface area contributed by atoms with Crippen LogP contribution in [0.4, 0.5) is 19.0 Å². The van der Waals surface area contributed by atoms with E-state index >= 15 is 0 Å². The van der Waals surface area contributed by atoms with Gasteiger partial charge in [-0.1, -0.05) is 23.7 Å². The Morgan fingerprint density at radius 3 is 2.47 bits per heavy atom. The molecule has 36 heavy (non-hydrogen) atoms. The first kappa shape index (κ1) is 25.7. The molecule has 11 heteroatoms. The van der Waals surface area contributed by atoms with Gasteiger partial charge in [0.1, 0.15) is 5.82 Å². The van der Waals surface area contributed by atoms with Crippen LogP contribution in [-0.4, -0.2) is 42.1 Å². The van der Waals surface area contributed by atoms with Gasteiger partial charge in [0.2, 0.25) is 0 Å². The molecule has 192 valence electrons. The zero-order valence-electron chi connectivity index (χ0n) is 20.1. The van der Waals surface area contributed by atoms with Crippen molar-refractivity contribution in [3.8, 4) is 22.8 Å². The lowest BCUT2D eigenvalue weighted by Crippen LogP contribution is -2.35. The molecule has 1 aliphatic heterocycles. The SMILES string of the molecule is COc1ccc(C2CC(C(F)(F)F)n3nc(-c4ccc(C(=O)NC(C)C)c(Cl)c4)cc3N2)cc1OC. The molecule has 0 fully saturated rings. The Morgan fingerprint density at radius 1 is 1.14 bits per heavy atom. The van der Waals surface area contributed by atoms with Crippen LogP contribution in [0.5, 0.6) is 11.5 Å². The summed E-state index contributed by atoms with van der Waals surface area (Å²) in [6.07, 6.45) is -4.78. The monoisotopic (exact) mass is 522 g/mol. The molecule has 2 N–H and O–H groups in total. The third kappa shape index (κ3) is 5.09. The number of hydrogen-bond acceptors (Lipinski definition) is 5. The molecule has 2 unspecified atom stereocenters. The van der Waals surface area contributed by atoms with Crippen LogP contribution in [0.2, 0.25) is 5.02 Å². The fraction of sp³-hybridized carbons (Fsp3) is 0.360. The zero-order valence-corrected chi connectivity index (χ0v) is 20.9. The lowest BCUT2D eigenvalue weighted by Gasteiger charge is -2.33. The van der Waals surface area contributed by atoms with Crippen molar-refractivity contribution < 1.29 is 27.4 Å². The molecule has 2 atom stereocenters. The average molecular weight is 523 g/mol. The number of alkyl halides is 3. The van der Waals surface area contributed by atoms with Crippen LogP contribution in [0.15, 0.2) is 42.5 Å². The quantitative estimate of drug-likeness (QED) is 0.414. The molecular weight excluding hydrogens is 497 g/mol. The molecule has 2 heterocycles. The predicted octanol–water partition coefficient (Wildman–Crippen LogP) is 6.02. The van der Waals surface area contributed by atoms with Crippen LogP contribution in [0.1, 0.15) is 48.3 Å². The number of carbonyl (C=O) groups is 1. The highest BCUT2D eigenvalue weighted by Gasteiger charge is 2.46. The van der Waals surface area contributed by atoms with Gasteiger partial charge in [-0.15, -0.1) is 0 Å². The van der Waals surface area contributed by atoms with Gasteiger partial charge in [-0.2, -0.15) is 18.3 Å². The second-order valence-electron chi connectivity index (χ2n) is 8.79. The van der Waals surface area contributed by atoms with E-state index in [1.54, 1.807) is 30.3 Å². The van der Waals surface area contributed by atoms with E-state index < -0.39 is 18.3 Å². The number of hydrogen-bond donors (Lipinski definition) is 2. The van der Waals surface area contributed by atoms with Crippen molar-refractivity contribution in [2.45, 2.75) is 44.6 Å². The number of benzene rings is 2. The Balaban J connectivity index is 1.69. The Kier molecular flexibility index (Phi) is 7.08. The minimum Gasteiger partial charge on any atom is -0.493 e. The lowest BCUT2D eigenvalue weighted by molar-refractivity contribution is -0.173. The molecule has 0 aliphatic carbocycles. The maximum absolute atomic E-state index is 14.1. The molecule has 1 aliphatic rings. The Hall–Kier alpha value is -3.40. The third-order valence-corrected chi connectivity index (χ3v) is 6.24. The van der Waals surface area contributed by atoms with Crippen molar-refractivity contribution in [3.63, 3.8) is 0 Å². The Bertz CT molecular complexity index is 1280. The van der Waals surface area contributed by atoms with E-state index in [2.05, 4.69) is 15.7 Å². The molecule has 7 nitrogen and oxygen atoms in total. The summed E-state index contributed by atoms with van der Waals surface area (Å²) in [5, 5.41) is 10.4. The molecule has 0 saturated carbocycles. The standard InChI is InChI=1S/C25H26ClF3N4O3/c1-13(2)30-24(34)16-7-5-14(9-17(16)26)19-12-23-31-18(11-22(25(27,28)29)33(23)32-19)15-6-8-20(35-3)21(10-15)36-4/h5-10,12-13,18,22,31H,11H2,1-4H3,(H,30,34). The van der Waals surface area contributed by atoms with E-state index in [0.29, 0.717) is 28.3 Å². The normalized spacial score (nSPS) is 17.4. The van der Waals surface area contributed by atoms with E-state index in [9.17, 15) is 18.0 Å². The first-order valence-electron chi connectivity index (χ1n) is 11.3. The summed E-state index contributed by atoms with van der Waals surface area (Å²) in [5.74, 6) is 0.800. The van der Waals surface area contributed by atoms with Gasteiger partial charge in [0.15, 0.2) is 17.5 Å².